The molecule has 1 amide bonds. The Bertz CT molecular complexity index is 594. The van der Waals surface area contributed by atoms with E-state index in [4.69, 9.17) is 5.73 Å². The van der Waals surface area contributed by atoms with Crippen molar-refractivity contribution in [3.8, 4) is 0 Å². The zero-order valence-electron chi connectivity index (χ0n) is 10.6. The van der Waals surface area contributed by atoms with Crippen LogP contribution in [0.25, 0.3) is 0 Å². The Morgan fingerprint density at radius 3 is 2.95 bits per heavy atom. The summed E-state index contributed by atoms with van der Waals surface area (Å²) in [4.78, 5) is 11.8. The number of nitrogens with two attached hydrogens (primary N) is 1. The van der Waals surface area contributed by atoms with Crippen LogP contribution in [0, 0.1) is 6.92 Å². The molecule has 2 rings (SSSR count). The average Bonchev–Trinajstić information content (AvgIpc) is 2.76. The zero-order chi connectivity index (χ0) is 13.8. The van der Waals surface area contributed by atoms with Crippen LogP contribution in [0.2, 0.25) is 0 Å². The summed E-state index contributed by atoms with van der Waals surface area (Å²) in [7, 11) is 0. The number of rotatable bonds is 4. The molecule has 3 N–H and O–H groups in total. The molecule has 0 aliphatic carbocycles. The molecule has 0 atom stereocenters. The number of aryl methyl sites for hydroxylation is 2. The molecule has 0 fully saturated rings. The summed E-state index contributed by atoms with van der Waals surface area (Å²) in [6, 6.07) is 5.42. The molecule has 5 nitrogen and oxygen atoms in total. The summed E-state index contributed by atoms with van der Waals surface area (Å²) in [6.07, 6.45) is 3.90. The van der Waals surface area contributed by atoms with Crippen LogP contribution in [0.5, 0.6) is 0 Å². The predicted molar refractivity (Wildman–Crippen MR) is 78.8 cm³/mol. The van der Waals surface area contributed by atoms with E-state index in [0.29, 0.717) is 18.7 Å². The lowest BCUT2D eigenvalue weighted by molar-refractivity contribution is -0.116. The molecule has 19 heavy (non-hydrogen) atoms. The van der Waals surface area contributed by atoms with Gasteiger partial charge in [0, 0.05) is 30.5 Å². The van der Waals surface area contributed by atoms with Gasteiger partial charge in [-0.1, -0.05) is 0 Å². The summed E-state index contributed by atoms with van der Waals surface area (Å²) >= 11 is 3.31. The van der Waals surface area contributed by atoms with Crippen molar-refractivity contribution in [1.29, 1.82) is 0 Å². The van der Waals surface area contributed by atoms with Crippen LogP contribution in [0.3, 0.4) is 0 Å². The van der Waals surface area contributed by atoms with Crippen LogP contribution in [0.4, 0.5) is 11.4 Å². The number of nitrogens with zero attached hydrogens (tertiary/aromatic N) is 2. The van der Waals surface area contributed by atoms with Crippen molar-refractivity contribution in [1.82, 2.24) is 9.78 Å². The maximum atomic E-state index is 11.8. The maximum Gasteiger partial charge on any atom is 0.226 e. The van der Waals surface area contributed by atoms with E-state index in [0.717, 1.165) is 15.7 Å². The molecule has 1 aromatic heterocycles. The molecule has 2 aromatic rings. The van der Waals surface area contributed by atoms with Crippen LogP contribution in [0.1, 0.15) is 12.0 Å². The van der Waals surface area contributed by atoms with Crippen molar-refractivity contribution in [2.24, 2.45) is 0 Å². The highest BCUT2D eigenvalue weighted by molar-refractivity contribution is 9.10. The molecule has 0 bridgehead atoms. The van der Waals surface area contributed by atoms with Crippen LogP contribution in [0.15, 0.2) is 35.1 Å². The molecule has 1 heterocycles. The van der Waals surface area contributed by atoms with Crippen LogP contribution < -0.4 is 11.1 Å². The minimum atomic E-state index is -0.0421. The van der Waals surface area contributed by atoms with E-state index in [1.807, 2.05) is 25.3 Å². The van der Waals surface area contributed by atoms with Gasteiger partial charge in [0.2, 0.25) is 5.91 Å². The molecular formula is C13H15BrN4O. The highest BCUT2D eigenvalue weighted by Gasteiger charge is 2.06. The zero-order valence-corrected chi connectivity index (χ0v) is 12.1. The fourth-order valence-corrected chi connectivity index (χ4v) is 2.04. The number of hydrogen-bond acceptors (Lipinski definition) is 3. The molecular weight excluding hydrogens is 308 g/mol. The first kappa shape index (κ1) is 13.6. The number of amides is 1. The van der Waals surface area contributed by atoms with Gasteiger partial charge in [0.15, 0.2) is 0 Å². The minimum absolute atomic E-state index is 0.0421. The number of nitrogen functional groups attached to an aromatic ring is 1. The number of carbonyl (C=O) groups is 1. The number of nitrogens with one attached hydrogen (secondary N) is 1. The van der Waals surface area contributed by atoms with Crippen LogP contribution in [-0.2, 0) is 11.3 Å². The lowest BCUT2D eigenvalue weighted by atomic mass is 10.2. The minimum Gasteiger partial charge on any atom is -0.399 e. The summed E-state index contributed by atoms with van der Waals surface area (Å²) in [6.45, 7) is 2.46. The molecule has 0 saturated heterocycles. The Morgan fingerprint density at radius 1 is 1.53 bits per heavy atom. The van der Waals surface area contributed by atoms with Crippen LogP contribution in [-0.4, -0.2) is 15.7 Å². The van der Waals surface area contributed by atoms with Crippen LogP contribution >= 0.6 is 15.9 Å². The highest BCUT2D eigenvalue weighted by Crippen LogP contribution is 2.17. The van der Waals surface area contributed by atoms with Gasteiger partial charge in [-0.2, -0.15) is 5.10 Å². The Balaban J connectivity index is 1.90. The molecule has 0 aliphatic rings. The third kappa shape index (κ3) is 3.82. The number of hydrogen-bond donors (Lipinski definition) is 2. The van der Waals surface area contributed by atoms with E-state index in [-0.39, 0.29) is 5.91 Å². The van der Waals surface area contributed by atoms with Gasteiger partial charge in [0.05, 0.1) is 10.7 Å². The summed E-state index contributed by atoms with van der Waals surface area (Å²) in [5, 5.41) is 6.96. The number of anilines is 2. The molecule has 0 unspecified atom stereocenters. The fraction of sp³-hybridized carbons (Fsp3) is 0.231. The van der Waals surface area contributed by atoms with Crippen molar-refractivity contribution in [2.75, 3.05) is 11.1 Å². The monoisotopic (exact) mass is 322 g/mol. The lowest BCUT2D eigenvalue weighted by Crippen LogP contribution is -2.15. The number of halogens is 1. The van der Waals surface area contributed by atoms with E-state index < -0.39 is 0 Å². The quantitative estimate of drug-likeness (QED) is 0.850. The SMILES string of the molecule is Cc1cc(N)ccc1NC(=O)CCn1cc(Br)cn1. The van der Waals surface area contributed by atoms with E-state index in [9.17, 15) is 4.79 Å². The van der Waals surface area contributed by atoms with Gasteiger partial charge >= 0.3 is 0 Å². The second-order valence-corrected chi connectivity index (χ2v) is 5.21. The molecule has 0 aliphatic heterocycles. The molecule has 1 aromatic carbocycles. The summed E-state index contributed by atoms with van der Waals surface area (Å²) < 4.78 is 2.63. The summed E-state index contributed by atoms with van der Waals surface area (Å²) in [5.74, 6) is -0.0421. The standard InChI is InChI=1S/C13H15BrN4O/c1-9-6-11(15)2-3-12(9)17-13(19)4-5-18-8-10(14)7-16-18/h2-3,6-8H,4-5,15H2,1H3,(H,17,19). The Labute approximate surface area is 119 Å². The normalized spacial score (nSPS) is 10.4. The van der Waals surface area contributed by atoms with Gasteiger partial charge in [0.25, 0.3) is 0 Å². The van der Waals surface area contributed by atoms with Gasteiger partial charge in [-0.15, -0.1) is 0 Å². The van der Waals surface area contributed by atoms with Crippen molar-refractivity contribution < 1.29 is 4.79 Å². The largest absolute Gasteiger partial charge is 0.399 e. The molecule has 0 saturated carbocycles. The Hall–Kier alpha value is -1.82. The van der Waals surface area contributed by atoms with Crippen molar-refractivity contribution in [2.45, 2.75) is 19.9 Å². The number of aromatic nitrogens is 2. The predicted octanol–water partition coefficient (Wildman–Crippen LogP) is 2.57. The van der Waals surface area contributed by atoms with Gasteiger partial charge in [-0.05, 0) is 46.6 Å². The van der Waals surface area contributed by atoms with Gasteiger partial charge < -0.3 is 11.1 Å². The molecule has 0 radical (unpaired) electrons. The van der Waals surface area contributed by atoms with Crippen molar-refractivity contribution in [3.05, 3.63) is 40.6 Å². The third-order valence-electron chi connectivity index (χ3n) is 2.69. The molecule has 100 valence electrons. The third-order valence-corrected chi connectivity index (χ3v) is 3.10. The fourth-order valence-electron chi connectivity index (χ4n) is 1.72. The molecule has 6 heteroatoms. The Morgan fingerprint density at radius 2 is 2.32 bits per heavy atom. The first-order chi connectivity index (χ1) is 9.04. The first-order valence-electron chi connectivity index (χ1n) is 5.88. The average molecular weight is 323 g/mol. The van der Waals surface area contributed by atoms with E-state index >= 15 is 0 Å². The van der Waals surface area contributed by atoms with Gasteiger partial charge in [-0.3, -0.25) is 9.48 Å². The second kappa shape index (κ2) is 5.88. The number of carbonyl (C=O) groups excluding carboxylic acids is 1. The first-order valence-corrected chi connectivity index (χ1v) is 6.68. The summed E-state index contributed by atoms with van der Waals surface area (Å²) in [5.41, 5.74) is 8.10. The van der Waals surface area contributed by atoms with E-state index in [1.54, 1.807) is 16.9 Å². The highest BCUT2D eigenvalue weighted by atomic mass is 79.9. The smallest absolute Gasteiger partial charge is 0.226 e. The van der Waals surface area contributed by atoms with E-state index in [2.05, 4.69) is 26.3 Å². The Kier molecular flexibility index (Phi) is 4.21. The topological polar surface area (TPSA) is 72.9 Å². The number of benzene rings is 1. The lowest BCUT2D eigenvalue weighted by Gasteiger charge is -2.09. The van der Waals surface area contributed by atoms with Gasteiger partial charge in [-0.25, -0.2) is 0 Å². The van der Waals surface area contributed by atoms with Crippen molar-refractivity contribution >= 4 is 33.2 Å². The maximum absolute atomic E-state index is 11.8. The van der Waals surface area contributed by atoms with Gasteiger partial charge in [0.1, 0.15) is 0 Å². The van der Waals surface area contributed by atoms with E-state index in [1.165, 1.54) is 0 Å². The second-order valence-electron chi connectivity index (χ2n) is 4.29. The van der Waals surface area contributed by atoms with Crippen molar-refractivity contribution in [3.63, 3.8) is 0 Å². The molecule has 0 spiro atoms.